The van der Waals surface area contributed by atoms with Gasteiger partial charge in [-0.05, 0) is 59.7 Å². The number of hydrogen-bond donors (Lipinski definition) is 0. The van der Waals surface area contributed by atoms with Crippen molar-refractivity contribution in [3.05, 3.63) is 187 Å². The van der Waals surface area contributed by atoms with Gasteiger partial charge in [0.05, 0.1) is 33.5 Å². The van der Waals surface area contributed by atoms with E-state index < -0.39 is 0 Å². The minimum absolute atomic E-state index is 0.342. The number of aromatic nitrogens is 4. The Bertz CT molecular complexity index is 2850. The van der Waals surface area contributed by atoms with Crippen LogP contribution in [0.25, 0.3) is 72.8 Å². The minimum atomic E-state index is -0.354. The number of hydrogen-bond acceptors (Lipinski definition) is 5. The molecule has 0 bridgehead atoms. The fourth-order valence-corrected chi connectivity index (χ4v) is 7.43. The average molecular weight is 696 g/mol. The number of benzene rings is 7. The van der Waals surface area contributed by atoms with Crippen LogP contribution in [0.2, 0.25) is 0 Å². The molecule has 0 saturated carbocycles. The molecule has 0 fully saturated rings. The Morgan fingerprint density at radius 2 is 0.907 bits per heavy atom. The second-order valence-electron chi connectivity index (χ2n) is 13.2. The average Bonchev–Trinajstić information content (AvgIpc) is 3.71. The summed E-state index contributed by atoms with van der Waals surface area (Å²) < 4.78 is 2.08. The van der Waals surface area contributed by atoms with Crippen molar-refractivity contribution in [1.82, 2.24) is 19.5 Å². The van der Waals surface area contributed by atoms with Crippen LogP contribution in [-0.4, -0.2) is 31.3 Å². The molecule has 9 aromatic rings. The first kappa shape index (κ1) is 31.2. The third kappa shape index (κ3) is 5.10. The summed E-state index contributed by atoms with van der Waals surface area (Å²) in [6.45, 7) is 0. The fourth-order valence-electron chi connectivity index (χ4n) is 7.43. The van der Waals surface area contributed by atoms with Crippen LogP contribution in [0.4, 0.5) is 5.69 Å². The Morgan fingerprint density at radius 1 is 0.389 bits per heavy atom. The zero-order valence-corrected chi connectivity index (χ0v) is 28.8. The van der Waals surface area contributed by atoms with Crippen LogP contribution in [0.1, 0.15) is 20.7 Å². The lowest BCUT2D eigenvalue weighted by Gasteiger charge is -2.15. The van der Waals surface area contributed by atoms with E-state index in [4.69, 9.17) is 15.0 Å². The highest BCUT2D eigenvalue weighted by Gasteiger charge is 2.39. The predicted molar refractivity (Wildman–Crippen MR) is 213 cm³/mol. The predicted octanol–water partition coefficient (Wildman–Crippen LogP) is 10.4. The highest BCUT2D eigenvalue weighted by molar-refractivity contribution is 6.35. The van der Waals surface area contributed by atoms with Crippen molar-refractivity contribution in [3.8, 4) is 51.0 Å². The largest absolute Gasteiger partial charge is 0.308 e. The van der Waals surface area contributed by atoms with Crippen molar-refractivity contribution in [1.29, 1.82) is 0 Å². The highest BCUT2D eigenvalue weighted by Crippen LogP contribution is 2.39. The SMILES string of the molecule is O=C1c2cccc(-n3c4ccccc4c4cc(-c5nc(-c6ccccc6)nc(-c6ccccc6)n5)ccc43)c2C(=O)N1c1ccc(-c2ccccc2)cc1. The minimum Gasteiger partial charge on any atom is -0.308 e. The van der Waals surface area contributed by atoms with Crippen LogP contribution in [0.3, 0.4) is 0 Å². The smallest absolute Gasteiger partial charge is 0.268 e. The molecule has 7 aromatic carbocycles. The van der Waals surface area contributed by atoms with Gasteiger partial charge in [0.15, 0.2) is 17.5 Å². The van der Waals surface area contributed by atoms with Crippen LogP contribution >= 0.6 is 0 Å². The quantitative estimate of drug-likeness (QED) is 0.162. The van der Waals surface area contributed by atoms with E-state index >= 15 is 0 Å². The van der Waals surface area contributed by atoms with Crippen molar-refractivity contribution < 1.29 is 9.59 Å². The lowest BCUT2D eigenvalue weighted by molar-refractivity contribution is 0.0926. The van der Waals surface area contributed by atoms with Crippen molar-refractivity contribution in [3.63, 3.8) is 0 Å². The molecule has 2 aromatic heterocycles. The van der Waals surface area contributed by atoms with E-state index in [1.807, 2.05) is 158 Å². The van der Waals surface area contributed by atoms with E-state index in [1.54, 1.807) is 6.07 Å². The van der Waals surface area contributed by atoms with E-state index in [0.29, 0.717) is 40.0 Å². The van der Waals surface area contributed by atoms with Gasteiger partial charge in [0, 0.05) is 27.5 Å². The first-order valence-corrected chi connectivity index (χ1v) is 17.7. The molecule has 0 unspecified atom stereocenters. The number of para-hydroxylation sites is 1. The molecule has 0 atom stereocenters. The molecule has 54 heavy (non-hydrogen) atoms. The van der Waals surface area contributed by atoms with Gasteiger partial charge in [0.1, 0.15) is 0 Å². The second-order valence-corrected chi connectivity index (χ2v) is 13.2. The van der Waals surface area contributed by atoms with Gasteiger partial charge in [-0.2, -0.15) is 0 Å². The number of imide groups is 1. The van der Waals surface area contributed by atoms with E-state index in [0.717, 1.165) is 49.6 Å². The molecular formula is C47H29N5O2. The Morgan fingerprint density at radius 3 is 1.56 bits per heavy atom. The molecule has 254 valence electrons. The van der Waals surface area contributed by atoms with Crippen LogP contribution in [0.5, 0.6) is 0 Å². The van der Waals surface area contributed by atoms with E-state index in [-0.39, 0.29) is 11.8 Å². The molecule has 2 amide bonds. The number of carbonyl (C=O) groups excluding carboxylic acids is 2. The molecule has 0 spiro atoms. The lowest BCUT2D eigenvalue weighted by atomic mass is 10.1. The third-order valence-electron chi connectivity index (χ3n) is 10.00. The molecule has 7 nitrogen and oxygen atoms in total. The number of nitrogens with zero attached hydrogens (tertiary/aromatic N) is 5. The number of fused-ring (bicyclic) bond motifs is 4. The van der Waals surface area contributed by atoms with E-state index in [2.05, 4.69) is 16.7 Å². The van der Waals surface area contributed by atoms with E-state index in [9.17, 15) is 9.59 Å². The maximum atomic E-state index is 14.4. The number of carbonyl (C=O) groups is 2. The molecule has 0 saturated heterocycles. The highest BCUT2D eigenvalue weighted by atomic mass is 16.2. The van der Waals surface area contributed by atoms with Crippen molar-refractivity contribution in [2.45, 2.75) is 0 Å². The molecule has 1 aliphatic rings. The summed E-state index contributed by atoms with van der Waals surface area (Å²) in [4.78, 5) is 44.4. The number of rotatable bonds is 6. The first-order valence-electron chi connectivity index (χ1n) is 17.7. The summed E-state index contributed by atoms with van der Waals surface area (Å²) in [5.74, 6) is 1.03. The summed E-state index contributed by atoms with van der Waals surface area (Å²) in [5.41, 5.74) is 8.41. The summed E-state index contributed by atoms with van der Waals surface area (Å²) in [6.07, 6.45) is 0. The van der Waals surface area contributed by atoms with Crippen molar-refractivity contribution in [2.24, 2.45) is 0 Å². The van der Waals surface area contributed by atoms with Crippen LogP contribution in [0, 0.1) is 0 Å². The monoisotopic (exact) mass is 695 g/mol. The molecule has 10 rings (SSSR count). The molecule has 1 aliphatic heterocycles. The number of anilines is 1. The van der Waals surface area contributed by atoms with E-state index in [1.165, 1.54) is 4.90 Å². The van der Waals surface area contributed by atoms with Gasteiger partial charge in [-0.3, -0.25) is 9.59 Å². The van der Waals surface area contributed by atoms with Gasteiger partial charge < -0.3 is 4.57 Å². The zero-order chi connectivity index (χ0) is 36.2. The Labute approximate surface area is 310 Å². The summed E-state index contributed by atoms with van der Waals surface area (Å²) >= 11 is 0. The van der Waals surface area contributed by atoms with Gasteiger partial charge in [0.25, 0.3) is 11.8 Å². The molecule has 7 heteroatoms. The molecule has 3 heterocycles. The molecule has 0 aliphatic carbocycles. The van der Waals surface area contributed by atoms with Gasteiger partial charge in [-0.15, -0.1) is 0 Å². The first-order chi connectivity index (χ1) is 26.6. The lowest BCUT2D eigenvalue weighted by Crippen LogP contribution is -2.29. The van der Waals surface area contributed by atoms with Gasteiger partial charge in [0.2, 0.25) is 0 Å². The number of amides is 2. The molecule has 0 radical (unpaired) electrons. The van der Waals surface area contributed by atoms with Crippen LogP contribution in [-0.2, 0) is 0 Å². The topological polar surface area (TPSA) is 81.0 Å². The van der Waals surface area contributed by atoms with Gasteiger partial charge >= 0.3 is 0 Å². The Balaban J connectivity index is 1.10. The van der Waals surface area contributed by atoms with Crippen LogP contribution in [0.15, 0.2) is 176 Å². The van der Waals surface area contributed by atoms with Crippen molar-refractivity contribution >= 4 is 39.3 Å². The van der Waals surface area contributed by atoms with Gasteiger partial charge in [-0.25, -0.2) is 19.9 Å². The summed E-state index contributed by atoms with van der Waals surface area (Å²) in [7, 11) is 0. The van der Waals surface area contributed by atoms with Gasteiger partial charge in [-0.1, -0.05) is 127 Å². The fraction of sp³-hybridized carbons (Fsp3) is 0. The zero-order valence-electron chi connectivity index (χ0n) is 28.8. The van der Waals surface area contributed by atoms with Crippen LogP contribution < -0.4 is 4.90 Å². The van der Waals surface area contributed by atoms with Crippen molar-refractivity contribution in [2.75, 3.05) is 4.90 Å². The Kier molecular flexibility index (Phi) is 7.30. The molecular weight excluding hydrogens is 667 g/mol. The summed E-state index contributed by atoms with van der Waals surface area (Å²) in [5, 5.41) is 1.96. The summed E-state index contributed by atoms with van der Waals surface area (Å²) in [6, 6.07) is 57.1. The third-order valence-corrected chi connectivity index (χ3v) is 10.00. The maximum Gasteiger partial charge on any atom is 0.268 e. The standard InChI is InChI=1S/C47H29N5O2/c53-46-37-20-12-22-41(42(37)47(54)51(46)35-26-23-31(24-27-35)30-13-4-1-5-14-30)52-39-21-11-10-19-36(39)38-29-34(25-28-40(38)52)45-49-43(32-15-6-2-7-16-32)48-44(50-45)33-17-8-3-9-18-33/h1-29H. The Hall–Kier alpha value is -7.51. The second kappa shape index (κ2) is 12.6. The molecule has 0 N–H and O–H groups in total. The normalized spacial score (nSPS) is 12.5. The maximum absolute atomic E-state index is 14.4.